The van der Waals surface area contributed by atoms with Crippen LogP contribution in [0.2, 0.25) is 0 Å². The molecule has 0 saturated heterocycles. The second-order valence-corrected chi connectivity index (χ2v) is 4.71. The third kappa shape index (κ3) is 6.79. The van der Waals surface area contributed by atoms with Crippen molar-refractivity contribution in [3.05, 3.63) is 28.2 Å². The third-order valence-corrected chi connectivity index (χ3v) is 2.63. The van der Waals surface area contributed by atoms with Crippen LogP contribution in [0.5, 0.6) is 5.75 Å². The van der Waals surface area contributed by atoms with Crippen LogP contribution in [0, 0.1) is 0 Å². The van der Waals surface area contributed by atoms with Crippen LogP contribution in [0.25, 0.3) is 0 Å². The Hall–Kier alpha value is -0.790. The van der Waals surface area contributed by atoms with E-state index >= 15 is 0 Å². The summed E-state index contributed by atoms with van der Waals surface area (Å²) in [7, 11) is 1.80. The van der Waals surface area contributed by atoms with Gasteiger partial charge in [-0.3, -0.25) is 0 Å². The van der Waals surface area contributed by atoms with Crippen molar-refractivity contribution in [2.45, 2.75) is 12.7 Å². The number of nitrogens with one attached hydrogen (secondary N) is 1. The van der Waals surface area contributed by atoms with Gasteiger partial charge in [0, 0.05) is 16.6 Å². The highest BCUT2D eigenvalue weighted by Crippen LogP contribution is 2.23. The van der Waals surface area contributed by atoms with Gasteiger partial charge in [0.05, 0.1) is 6.61 Å². The molecular weight excluding hydrogens is 327 g/mol. The largest absolute Gasteiger partial charge is 0.491 e. The van der Waals surface area contributed by atoms with Crippen LogP contribution in [0.15, 0.2) is 22.7 Å². The topological polar surface area (TPSA) is 30.5 Å². The maximum atomic E-state index is 11.8. The van der Waals surface area contributed by atoms with Gasteiger partial charge < -0.3 is 14.8 Å². The van der Waals surface area contributed by atoms with Gasteiger partial charge in [0.15, 0.2) is 0 Å². The molecule has 0 aliphatic heterocycles. The fraction of sp³-hybridized carbons (Fsp3) is 0.500. The Kier molecular flexibility index (Phi) is 6.60. The number of ether oxygens (including phenoxy) is 2. The molecule has 3 nitrogen and oxygen atoms in total. The lowest BCUT2D eigenvalue weighted by atomic mass is 10.2. The first kappa shape index (κ1) is 16.3. The SMILES string of the molecule is CNCc1cc(Br)ccc1OCCOCC(F)(F)F. The minimum atomic E-state index is -4.30. The first-order valence-corrected chi connectivity index (χ1v) is 6.42. The van der Waals surface area contributed by atoms with Gasteiger partial charge in [-0.2, -0.15) is 13.2 Å². The quantitative estimate of drug-likeness (QED) is 0.773. The van der Waals surface area contributed by atoms with E-state index in [1.807, 2.05) is 12.1 Å². The molecule has 0 unspecified atom stereocenters. The summed E-state index contributed by atoms with van der Waals surface area (Å²) in [6.45, 7) is -0.665. The molecule has 0 aliphatic carbocycles. The summed E-state index contributed by atoms with van der Waals surface area (Å²) < 4.78 is 46.3. The van der Waals surface area contributed by atoms with E-state index in [0.717, 1.165) is 10.0 Å². The number of hydrogen-bond donors (Lipinski definition) is 1. The summed E-state index contributed by atoms with van der Waals surface area (Å²) in [6, 6.07) is 5.47. The summed E-state index contributed by atoms with van der Waals surface area (Å²) in [5.74, 6) is 0.633. The monoisotopic (exact) mass is 341 g/mol. The van der Waals surface area contributed by atoms with E-state index < -0.39 is 12.8 Å². The average Bonchev–Trinajstić information content (AvgIpc) is 2.30. The van der Waals surface area contributed by atoms with Crippen molar-refractivity contribution in [1.82, 2.24) is 5.32 Å². The first-order valence-electron chi connectivity index (χ1n) is 5.62. The highest BCUT2D eigenvalue weighted by Gasteiger charge is 2.27. The van der Waals surface area contributed by atoms with Gasteiger partial charge in [0.2, 0.25) is 0 Å². The van der Waals surface area contributed by atoms with Crippen LogP contribution in [-0.2, 0) is 11.3 Å². The van der Waals surface area contributed by atoms with Crippen molar-refractivity contribution < 1.29 is 22.6 Å². The Morgan fingerprint density at radius 3 is 2.63 bits per heavy atom. The standard InChI is InChI=1S/C12H15BrF3NO2/c1-17-7-9-6-10(13)2-3-11(9)19-5-4-18-8-12(14,15)16/h2-3,6,17H,4-5,7-8H2,1H3. The first-order chi connectivity index (χ1) is 8.92. The summed E-state index contributed by atoms with van der Waals surface area (Å²) in [6.07, 6.45) is -4.30. The number of rotatable bonds is 7. The Morgan fingerprint density at radius 1 is 1.26 bits per heavy atom. The molecule has 1 rings (SSSR count). The molecule has 1 aromatic rings. The normalized spacial score (nSPS) is 11.6. The fourth-order valence-corrected chi connectivity index (χ4v) is 1.82. The Labute approximate surface area is 118 Å². The van der Waals surface area contributed by atoms with Gasteiger partial charge in [-0.15, -0.1) is 0 Å². The molecule has 7 heteroatoms. The number of hydrogen-bond acceptors (Lipinski definition) is 3. The molecule has 0 heterocycles. The lowest BCUT2D eigenvalue weighted by molar-refractivity contribution is -0.175. The van der Waals surface area contributed by atoms with E-state index in [-0.39, 0.29) is 13.2 Å². The van der Waals surface area contributed by atoms with E-state index in [4.69, 9.17) is 4.74 Å². The Morgan fingerprint density at radius 2 is 2.00 bits per heavy atom. The molecule has 0 radical (unpaired) electrons. The maximum absolute atomic E-state index is 11.8. The van der Waals surface area contributed by atoms with Crippen molar-refractivity contribution in [2.24, 2.45) is 0 Å². The van der Waals surface area contributed by atoms with Crippen molar-refractivity contribution in [3.8, 4) is 5.75 Å². The van der Waals surface area contributed by atoms with Gasteiger partial charge in [0.1, 0.15) is 19.0 Å². The van der Waals surface area contributed by atoms with Gasteiger partial charge >= 0.3 is 6.18 Å². The minimum absolute atomic E-state index is 0.0778. The molecule has 0 spiro atoms. The highest BCUT2D eigenvalue weighted by molar-refractivity contribution is 9.10. The van der Waals surface area contributed by atoms with Gasteiger partial charge in [-0.05, 0) is 25.2 Å². The maximum Gasteiger partial charge on any atom is 0.411 e. The lowest BCUT2D eigenvalue weighted by Gasteiger charge is -2.12. The van der Waals surface area contributed by atoms with Crippen LogP contribution in [-0.4, -0.2) is 33.0 Å². The second kappa shape index (κ2) is 7.72. The van der Waals surface area contributed by atoms with Crippen molar-refractivity contribution in [3.63, 3.8) is 0 Å². The van der Waals surface area contributed by atoms with Crippen molar-refractivity contribution in [2.75, 3.05) is 26.9 Å². The van der Waals surface area contributed by atoms with Crippen LogP contribution in [0.1, 0.15) is 5.56 Å². The molecule has 108 valence electrons. The second-order valence-electron chi connectivity index (χ2n) is 3.80. The highest BCUT2D eigenvalue weighted by atomic mass is 79.9. The van der Waals surface area contributed by atoms with Crippen LogP contribution in [0.4, 0.5) is 13.2 Å². The number of halogens is 4. The predicted molar refractivity (Wildman–Crippen MR) is 69.3 cm³/mol. The predicted octanol–water partition coefficient (Wildman–Crippen LogP) is 3.13. The molecule has 0 saturated carbocycles. The molecule has 0 amide bonds. The zero-order chi connectivity index (χ0) is 14.3. The van der Waals surface area contributed by atoms with Gasteiger partial charge in [-0.25, -0.2) is 0 Å². The average molecular weight is 342 g/mol. The van der Waals surface area contributed by atoms with E-state index in [9.17, 15) is 13.2 Å². The molecule has 0 aliphatic rings. The van der Waals surface area contributed by atoms with Crippen LogP contribution >= 0.6 is 15.9 Å². The smallest absolute Gasteiger partial charge is 0.411 e. The molecule has 19 heavy (non-hydrogen) atoms. The van der Waals surface area contributed by atoms with Crippen LogP contribution < -0.4 is 10.1 Å². The molecule has 0 fully saturated rings. The van der Waals surface area contributed by atoms with Gasteiger partial charge in [0.25, 0.3) is 0 Å². The van der Waals surface area contributed by atoms with Crippen LogP contribution in [0.3, 0.4) is 0 Å². The lowest BCUT2D eigenvalue weighted by Crippen LogP contribution is -2.19. The zero-order valence-electron chi connectivity index (χ0n) is 10.4. The summed E-state index contributed by atoms with van der Waals surface area (Å²) in [5, 5.41) is 2.99. The summed E-state index contributed by atoms with van der Waals surface area (Å²) >= 11 is 3.35. The Bertz CT molecular complexity index is 399. The van der Waals surface area contributed by atoms with E-state index in [1.165, 1.54) is 0 Å². The molecule has 0 bridgehead atoms. The summed E-state index contributed by atoms with van der Waals surface area (Å²) in [5.41, 5.74) is 0.924. The van der Waals surface area contributed by atoms with Gasteiger partial charge in [-0.1, -0.05) is 15.9 Å². The van der Waals surface area contributed by atoms with E-state index in [0.29, 0.717) is 12.3 Å². The Balaban J connectivity index is 2.40. The molecule has 0 atom stereocenters. The van der Waals surface area contributed by atoms with Crippen molar-refractivity contribution in [1.29, 1.82) is 0 Å². The molecule has 1 N–H and O–H groups in total. The fourth-order valence-electron chi connectivity index (χ4n) is 1.42. The number of alkyl halides is 3. The zero-order valence-corrected chi connectivity index (χ0v) is 12.0. The van der Waals surface area contributed by atoms with Crippen molar-refractivity contribution >= 4 is 15.9 Å². The molecule has 1 aromatic carbocycles. The minimum Gasteiger partial charge on any atom is -0.491 e. The van der Waals surface area contributed by atoms with E-state index in [1.54, 1.807) is 13.1 Å². The number of benzene rings is 1. The molecule has 0 aromatic heterocycles. The summed E-state index contributed by atoms with van der Waals surface area (Å²) in [4.78, 5) is 0. The molecular formula is C12H15BrF3NO2. The third-order valence-electron chi connectivity index (χ3n) is 2.14. The van der Waals surface area contributed by atoms with E-state index in [2.05, 4.69) is 26.0 Å².